The van der Waals surface area contributed by atoms with Gasteiger partial charge in [0, 0.05) is 7.05 Å². The standard InChI is InChI=1S/C6H5Br2NO/c1-9-4(3-10)2-5(7)6(9)8/h2-3H,1H3. The Labute approximate surface area is 75.5 Å². The number of aldehydes is 1. The van der Waals surface area contributed by atoms with Crippen molar-refractivity contribution in [2.45, 2.75) is 0 Å². The molecule has 4 heteroatoms. The van der Waals surface area contributed by atoms with Crippen molar-refractivity contribution in [2.24, 2.45) is 7.05 Å². The first kappa shape index (κ1) is 8.01. The lowest BCUT2D eigenvalue weighted by Crippen LogP contribution is -1.93. The topological polar surface area (TPSA) is 22.0 Å². The second-order valence-electron chi connectivity index (χ2n) is 1.88. The second kappa shape index (κ2) is 2.88. The Kier molecular flexibility index (Phi) is 2.31. The Morgan fingerprint density at radius 1 is 1.60 bits per heavy atom. The highest BCUT2D eigenvalue weighted by atomic mass is 79.9. The van der Waals surface area contributed by atoms with Gasteiger partial charge in [-0.05, 0) is 37.9 Å². The molecule has 0 bridgehead atoms. The molecule has 0 amide bonds. The molecule has 0 radical (unpaired) electrons. The summed E-state index contributed by atoms with van der Waals surface area (Å²) in [5, 5.41) is 0. The number of aromatic nitrogens is 1. The number of rotatable bonds is 1. The third-order valence-electron chi connectivity index (χ3n) is 1.27. The van der Waals surface area contributed by atoms with Crippen LogP contribution in [0.3, 0.4) is 0 Å². The van der Waals surface area contributed by atoms with Crippen LogP contribution in [0.1, 0.15) is 10.5 Å². The molecular formula is C6H5Br2NO. The van der Waals surface area contributed by atoms with Gasteiger partial charge in [0.2, 0.25) is 0 Å². The van der Waals surface area contributed by atoms with Gasteiger partial charge in [-0.3, -0.25) is 4.79 Å². The zero-order valence-corrected chi connectivity index (χ0v) is 8.44. The van der Waals surface area contributed by atoms with E-state index in [1.165, 1.54) is 0 Å². The van der Waals surface area contributed by atoms with Crippen molar-refractivity contribution in [1.29, 1.82) is 0 Å². The fraction of sp³-hybridized carbons (Fsp3) is 0.167. The van der Waals surface area contributed by atoms with Crippen molar-refractivity contribution in [3.8, 4) is 0 Å². The second-order valence-corrected chi connectivity index (χ2v) is 3.49. The molecule has 0 aromatic carbocycles. The Hall–Kier alpha value is -0.0900. The molecule has 0 atom stereocenters. The molecule has 0 saturated heterocycles. The molecule has 54 valence electrons. The Bertz CT molecular complexity index is 267. The average Bonchev–Trinajstić information content (AvgIpc) is 2.17. The van der Waals surface area contributed by atoms with Gasteiger partial charge >= 0.3 is 0 Å². The molecule has 0 unspecified atom stereocenters. The molecule has 0 aliphatic rings. The van der Waals surface area contributed by atoms with E-state index in [0.29, 0.717) is 5.69 Å². The number of hydrogen-bond donors (Lipinski definition) is 0. The molecule has 0 saturated carbocycles. The van der Waals surface area contributed by atoms with Gasteiger partial charge in [-0.1, -0.05) is 0 Å². The third kappa shape index (κ3) is 1.18. The van der Waals surface area contributed by atoms with Crippen LogP contribution in [0.2, 0.25) is 0 Å². The van der Waals surface area contributed by atoms with E-state index in [9.17, 15) is 4.79 Å². The summed E-state index contributed by atoms with van der Waals surface area (Å²) >= 11 is 6.58. The first-order valence-electron chi connectivity index (χ1n) is 2.62. The first-order valence-corrected chi connectivity index (χ1v) is 4.21. The van der Waals surface area contributed by atoms with Crippen molar-refractivity contribution in [2.75, 3.05) is 0 Å². The number of carbonyl (C=O) groups excluding carboxylic acids is 1. The molecule has 1 heterocycles. The van der Waals surface area contributed by atoms with Gasteiger partial charge in [0.1, 0.15) is 0 Å². The van der Waals surface area contributed by atoms with Gasteiger partial charge in [0.25, 0.3) is 0 Å². The monoisotopic (exact) mass is 265 g/mol. The van der Waals surface area contributed by atoms with E-state index in [0.717, 1.165) is 15.4 Å². The van der Waals surface area contributed by atoms with Crippen molar-refractivity contribution >= 4 is 38.1 Å². The molecule has 1 aromatic heterocycles. The summed E-state index contributed by atoms with van der Waals surface area (Å²) in [5.41, 5.74) is 0.652. The third-order valence-corrected chi connectivity index (χ3v) is 3.37. The summed E-state index contributed by atoms with van der Waals surface area (Å²) in [6, 6.07) is 1.76. The smallest absolute Gasteiger partial charge is 0.166 e. The van der Waals surface area contributed by atoms with Crippen molar-refractivity contribution in [3.63, 3.8) is 0 Å². The van der Waals surface area contributed by atoms with E-state index in [4.69, 9.17) is 0 Å². The maximum Gasteiger partial charge on any atom is 0.166 e. The quantitative estimate of drug-likeness (QED) is 0.716. The Balaban J connectivity index is 3.30. The maximum absolute atomic E-state index is 10.3. The minimum atomic E-state index is 0.652. The van der Waals surface area contributed by atoms with Gasteiger partial charge in [-0.15, -0.1) is 0 Å². The molecule has 0 N–H and O–H groups in total. The van der Waals surface area contributed by atoms with Crippen molar-refractivity contribution < 1.29 is 4.79 Å². The predicted octanol–water partition coefficient (Wildman–Crippen LogP) is 2.36. The molecule has 0 spiro atoms. The predicted molar refractivity (Wildman–Crippen MR) is 46.2 cm³/mol. The largest absolute Gasteiger partial charge is 0.335 e. The van der Waals surface area contributed by atoms with E-state index >= 15 is 0 Å². The summed E-state index contributed by atoms with van der Waals surface area (Å²) < 4.78 is 3.54. The van der Waals surface area contributed by atoms with Crippen LogP contribution in [-0.4, -0.2) is 10.9 Å². The number of halogens is 2. The molecule has 1 rings (SSSR count). The van der Waals surface area contributed by atoms with Gasteiger partial charge in [-0.2, -0.15) is 0 Å². The lowest BCUT2D eigenvalue weighted by molar-refractivity contribution is 0.111. The molecule has 0 aliphatic carbocycles. The van der Waals surface area contributed by atoms with Crippen molar-refractivity contribution in [3.05, 3.63) is 20.8 Å². The summed E-state index contributed by atoms with van der Waals surface area (Å²) in [6.45, 7) is 0. The highest BCUT2D eigenvalue weighted by Crippen LogP contribution is 2.24. The van der Waals surface area contributed by atoms with Crippen LogP contribution < -0.4 is 0 Å². The summed E-state index contributed by atoms with van der Waals surface area (Å²) in [6.07, 6.45) is 0.815. The molecule has 10 heavy (non-hydrogen) atoms. The zero-order chi connectivity index (χ0) is 7.72. The molecule has 0 aliphatic heterocycles. The summed E-state index contributed by atoms with van der Waals surface area (Å²) in [4.78, 5) is 10.3. The fourth-order valence-corrected chi connectivity index (χ4v) is 1.49. The number of carbonyl (C=O) groups is 1. The Morgan fingerprint density at radius 2 is 2.20 bits per heavy atom. The molecular weight excluding hydrogens is 262 g/mol. The normalized spacial score (nSPS) is 9.90. The highest BCUT2D eigenvalue weighted by molar-refractivity contribution is 9.13. The van der Waals surface area contributed by atoms with Crippen LogP contribution in [0.5, 0.6) is 0 Å². The lowest BCUT2D eigenvalue weighted by atomic mass is 10.5. The van der Waals surface area contributed by atoms with Crippen LogP contribution >= 0.6 is 31.9 Å². The van der Waals surface area contributed by atoms with Gasteiger partial charge < -0.3 is 4.57 Å². The number of hydrogen-bond acceptors (Lipinski definition) is 1. The van der Waals surface area contributed by atoms with Gasteiger partial charge in [-0.25, -0.2) is 0 Å². The average molecular weight is 267 g/mol. The van der Waals surface area contributed by atoms with Crippen LogP contribution in [-0.2, 0) is 7.05 Å². The van der Waals surface area contributed by atoms with E-state index in [2.05, 4.69) is 31.9 Å². The highest BCUT2D eigenvalue weighted by Gasteiger charge is 2.05. The first-order chi connectivity index (χ1) is 4.66. The summed E-state index contributed by atoms with van der Waals surface area (Å²) in [7, 11) is 1.82. The molecule has 2 nitrogen and oxygen atoms in total. The minimum absolute atomic E-state index is 0.652. The van der Waals surface area contributed by atoms with Crippen LogP contribution in [0, 0.1) is 0 Å². The van der Waals surface area contributed by atoms with Crippen LogP contribution in [0.25, 0.3) is 0 Å². The van der Waals surface area contributed by atoms with Gasteiger partial charge in [0.15, 0.2) is 6.29 Å². The van der Waals surface area contributed by atoms with E-state index < -0.39 is 0 Å². The van der Waals surface area contributed by atoms with E-state index in [1.54, 1.807) is 10.6 Å². The molecule has 1 aromatic rings. The lowest BCUT2D eigenvalue weighted by Gasteiger charge is -1.94. The van der Waals surface area contributed by atoms with Gasteiger partial charge in [0.05, 0.1) is 14.8 Å². The number of nitrogens with zero attached hydrogens (tertiary/aromatic N) is 1. The fourth-order valence-electron chi connectivity index (χ4n) is 0.673. The minimum Gasteiger partial charge on any atom is -0.335 e. The zero-order valence-electron chi connectivity index (χ0n) is 5.27. The maximum atomic E-state index is 10.3. The van der Waals surface area contributed by atoms with Crippen molar-refractivity contribution in [1.82, 2.24) is 4.57 Å². The van der Waals surface area contributed by atoms with Crippen LogP contribution in [0.4, 0.5) is 0 Å². The summed E-state index contributed by atoms with van der Waals surface area (Å²) in [5.74, 6) is 0. The Morgan fingerprint density at radius 3 is 2.40 bits per heavy atom. The van der Waals surface area contributed by atoms with E-state index in [1.807, 2.05) is 7.05 Å². The molecule has 0 fully saturated rings. The SMILES string of the molecule is Cn1c(C=O)cc(Br)c1Br. The van der Waals surface area contributed by atoms with Crippen LogP contribution in [0.15, 0.2) is 15.1 Å². The van der Waals surface area contributed by atoms with E-state index in [-0.39, 0.29) is 0 Å².